The summed E-state index contributed by atoms with van der Waals surface area (Å²) >= 11 is 5.85. The Labute approximate surface area is 121 Å². The number of carbonyl (C=O) groups is 1. The van der Waals surface area contributed by atoms with Crippen LogP contribution >= 0.6 is 11.6 Å². The molecule has 4 nitrogen and oxygen atoms in total. The molecule has 0 amide bonds. The van der Waals surface area contributed by atoms with Gasteiger partial charge in [-0.1, -0.05) is 30.7 Å². The maximum atomic E-state index is 12.0. The van der Waals surface area contributed by atoms with Crippen molar-refractivity contribution in [2.24, 2.45) is 7.05 Å². The summed E-state index contributed by atoms with van der Waals surface area (Å²) in [5.41, 5.74) is 1.15. The average molecular weight is 292 g/mol. The van der Waals surface area contributed by atoms with Gasteiger partial charge in [0.05, 0.1) is 5.69 Å². The Bertz CT molecular complexity index is 717. The van der Waals surface area contributed by atoms with Crippen LogP contribution < -0.4 is 5.43 Å². The van der Waals surface area contributed by atoms with Crippen LogP contribution in [0, 0.1) is 0 Å². The molecule has 1 N–H and O–H groups in total. The van der Waals surface area contributed by atoms with Crippen molar-refractivity contribution in [1.29, 1.82) is 0 Å². The molecule has 0 unspecified atom stereocenters. The van der Waals surface area contributed by atoms with Crippen molar-refractivity contribution >= 4 is 17.6 Å². The number of rotatable bonds is 3. The summed E-state index contributed by atoms with van der Waals surface area (Å²) in [6.45, 7) is 1.92. The number of aromatic nitrogens is 1. The molecule has 0 atom stereocenters. The lowest BCUT2D eigenvalue weighted by Crippen LogP contribution is -2.22. The molecular formula is C15H14ClNO3. The van der Waals surface area contributed by atoms with E-state index in [1.165, 1.54) is 6.07 Å². The van der Waals surface area contributed by atoms with Crippen molar-refractivity contribution in [2.75, 3.05) is 0 Å². The van der Waals surface area contributed by atoms with E-state index in [9.17, 15) is 14.7 Å². The van der Waals surface area contributed by atoms with Crippen LogP contribution in [0.25, 0.3) is 11.3 Å². The maximum absolute atomic E-state index is 12.0. The highest BCUT2D eigenvalue weighted by atomic mass is 35.5. The van der Waals surface area contributed by atoms with Crippen LogP contribution in [-0.4, -0.2) is 15.6 Å². The second-order valence-corrected chi connectivity index (χ2v) is 4.88. The zero-order valence-corrected chi connectivity index (χ0v) is 11.9. The number of pyridine rings is 1. The third-order valence-corrected chi connectivity index (χ3v) is 3.49. The highest BCUT2D eigenvalue weighted by molar-refractivity contribution is 6.30. The molecule has 0 saturated heterocycles. The van der Waals surface area contributed by atoms with Gasteiger partial charge in [0, 0.05) is 23.8 Å². The van der Waals surface area contributed by atoms with Crippen molar-refractivity contribution in [3.8, 4) is 11.3 Å². The number of aromatic carboxylic acids is 1. The van der Waals surface area contributed by atoms with Crippen LogP contribution in [-0.2, 0) is 13.5 Å². The van der Waals surface area contributed by atoms with Crippen molar-refractivity contribution in [3.63, 3.8) is 0 Å². The first-order chi connectivity index (χ1) is 9.45. The standard InChI is InChI=1S/C15H14ClNO3/c1-3-11-8-12(18)13(15(19)20)14(17(11)2)9-4-6-10(16)7-5-9/h4-8H,3H2,1-2H3,(H,19,20). The van der Waals surface area contributed by atoms with Crippen molar-refractivity contribution in [3.05, 3.63) is 56.8 Å². The van der Waals surface area contributed by atoms with Gasteiger partial charge in [-0.2, -0.15) is 0 Å². The molecule has 5 heteroatoms. The monoisotopic (exact) mass is 291 g/mol. The molecule has 20 heavy (non-hydrogen) atoms. The van der Waals surface area contributed by atoms with Gasteiger partial charge in [0.25, 0.3) is 0 Å². The van der Waals surface area contributed by atoms with Gasteiger partial charge in [-0.25, -0.2) is 4.79 Å². The number of carboxylic acids is 1. The molecule has 0 bridgehead atoms. The maximum Gasteiger partial charge on any atom is 0.341 e. The molecule has 0 aliphatic rings. The zero-order valence-electron chi connectivity index (χ0n) is 11.2. The molecule has 0 spiro atoms. The smallest absolute Gasteiger partial charge is 0.341 e. The van der Waals surface area contributed by atoms with Gasteiger partial charge in [-0.3, -0.25) is 4.79 Å². The van der Waals surface area contributed by atoms with E-state index < -0.39 is 11.4 Å². The predicted octanol–water partition coefficient (Wildman–Crippen LogP) is 2.97. The van der Waals surface area contributed by atoms with E-state index >= 15 is 0 Å². The van der Waals surface area contributed by atoms with Crippen molar-refractivity contribution < 1.29 is 9.90 Å². The van der Waals surface area contributed by atoms with Crippen LogP contribution in [0.3, 0.4) is 0 Å². The van der Waals surface area contributed by atoms with E-state index in [0.29, 0.717) is 22.7 Å². The van der Waals surface area contributed by atoms with Gasteiger partial charge in [0.2, 0.25) is 0 Å². The Morgan fingerprint density at radius 1 is 1.30 bits per heavy atom. The number of nitrogens with zero attached hydrogens (tertiary/aromatic N) is 1. The molecule has 1 heterocycles. The van der Waals surface area contributed by atoms with Gasteiger partial charge in [0.1, 0.15) is 5.56 Å². The van der Waals surface area contributed by atoms with Crippen LogP contribution in [0.4, 0.5) is 0 Å². The van der Waals surface area contributed by atoms with E-state index in [2.05, 4.69) is 0 Å². The van der Waals surface area contributed by atoms with E-state index in [-0.39, 0.29) is 5.56 Å². The first kappa shape index (κ1) is 14.3. The SMILES string of the molecule is CCc1cc(=O)c(C(=O)O)c(-c2ccc(Cl)cc2)n1C. The third-order valence-electron chi connectivity index (χ3n) is 3.24. The summed E-state index contributed by atoms with van der Waals surface area (Å²) < 4.78 is 1.74. The molecule has 2 aromatic rings. The molecule has 0 saturated carbocycles. The second kappa shape index (κ2) is 5.51. The normalized spacial score (nSPS) is 10.6. The Morgan fingerprint density at radius 2 is 1.90 bits per heavy atom. The van der Waals surface area contributed by atoms with E-state index in [1.807, 2.05) is 6.92 Å². The summed E-state index contributed by atoms with van der Waals surface area (Å²) in [7, 11) is 1.76. The summed E-state index contributed by atoms with van der Waals surface area (Å²) in [4.78, 5) is 23.4. The van der Waals surface area contributed by atoms with Gasteiger partial charge in [-0.05, 0) is 24.1 Å². The Hall–Kier alpha value is -2.07. The lowest BCUT2D eigenvalue weighted by Gasteiger charge is -2.16. The lowest BCUT2D eigenvalue weighted by atomic mass is 10.0. The topological polar surface area (TPSA) is 59.3 Å². The summed E-state index contributed by atoms with van der Waals surface area (Å²) in [5.74, 6) is -1.22. The van der Waals surface area contributed by atoms with Crippen LogP contribution in [0.1, 0.15) is 23.0 Å². The average Bonchev–Trinajstić information content (AvgIpc) is 2.41. The molecule has 0 aliphatic carbocycles. The summed E-state index contributed by atoms with van der Waals surface area (Å²) in [5, 5.41) is 9.87. The molecule has 1 aromatic heterocycles. The minimum atomic E-state index is -1.22. The highest BCUT2D eigenvalue weighted by Crippen LogP contribution is 2.24. The van der Waals surface area contributed by atoms with Gasteiger partial charge in [0.15, 0.2) is 5.43 Å². The summed E-state index contributed by atoms with van der Waals surface area (Å²) in [6.07, 6.45) is 0.645. The highest BCUT2D eigenvalue weighted by Gasteiger charge is 2.20. The van der Waals surface area contributed by atoms with Crippen LogP contribution in [0.5, 0.6) is 0 Å². The first-order valence-electron chi connectivity index (χ1n) is 6.17. The number of hydrogen-bond acceptors (Lipinski definition) is 2. The van der Waals surface area contributed by atoms with Gasteiger partial charge < -0.3 is 9.67 Å². The number of carboxylic acid groups (broad SMARTS) is 1. The summed E-state index contributed by atoms with van der Waals surface area (Å²) in [6, 6.07) is 8.14. The molecule has 0 fully saturated rings. The number of halogens is 1. The molecule has 0 radical (unpaired) electrons. The number of hydrogen-bond donors (Lipinski definition) is 1. The Morgan fingerprint density at radius 3 is 2.40 bits per heavy atom. The molecule has 0 aliphatic heterocycles. The molecule has 104 valence electrons. The lowest BCUT2D eigenvalue weighted by molar-refractivity contribution is 0.0695. The number of aryl methyl sites for hydroxylation is 1. The minimum absolute atomic E-state index is 0.216. The van der Waals surface area contributed by atoms with E-state index in [4.69, 9.17) is 11.6 Å². The van der Waals surface area contributed by atoms with E-state index in [0.717, 1.165) is 5.69 Å². The second-order valence-electron chi connectivity index (χ2n) is 4.45. The van der Waals surface area contributed by atoms with Gasteiger partial charge >= 0.3 is 5.97 Å². The third kappa shape index (κ3) is 2.47. The largest absolute Gasteiger partial charge is 0.477 e. The first-order valence-corrected chi connectivity index (χ1v) is 6.55. The van der Waals surface area contributed by atoms with Crippen LogP contribution in [0.15, 0.2) is 35.1 Å². The van der Waals surface area contributed by atoms with Crippen molar-refractivity contribution in [2.45, 2.75) is 13.3 Å². The predicted molar refractivity (Wildman–Crippen MR) is 78.5 cm³/mol. The fourth-order valence-corrected chi connectivity index (χ4v) is 2.37. The Balaban J connectivity index is 2.84. The van der Waals surface area contributed by atoms with Crippen LogP contribution in [0.2, 0.25) is 5.02 Å². The van der Waals surface area contributed by atoms with Gasteiger partial charge in [-0.15, -0.1) is 0 Å². The number of benzene rings is 1. The molecule has 1 aromatic carbocycles. The Kier molecular flexibility index (Phi) is 3.95. The molecular weight excluding hydrogens is 278 g/mol. The fraction of sp³-hybridized carbons (Fsp3) is 0.200. The van der Waals surface area contributed by atoms with Crippen molar-refractivity contribution in [1.82, 2.24) is 4.57 Å². The quantitative estimate of drug-likeness (QED) is 0.946. The fourth-order valence-electron chi connectivity index (χ4n) is 2.24. The zero-order chi connectivity index (χ0) is 14.9. The minimum Gasteiger partial charge on any atom is -0.477 e. The van der Waals surface area contributed by atoms with E-state index in [1.54, 1.807) is 35.9 Å². The molecule has 2 rings (SSSR count).